The van der Waals surface area contributed by atoms with Gasteiger partial charge in [0.25, 0.3) is 0 Å². The second-order valence-electron chi connectivity index (χ2n) is 2.98. The minimum Gasteiger partial charge on any atom is -0.409 e. The van der Waals surface area contributed by atoms with Crippen LogP contribution < -0.4 is 5.73 Å². The molecule has 0 bridgehead atoms. The van der Waals surface area contributed by atoms with Gasteiger partial charge in [0, 0.05) is 10.5 Å². The quantitative estimate of drug-likeness (QED) is 0.282. The molecule has 0 aliphatic carbocycles. The number of oxime groups is 1. The molecule has 0 unspecified atom stereocenters. The number of rotatable bonds is 4. The third-order valence-corrected chi connectivity index (χ3v) is 3.50. The monoisotopic (exact) mass is 244 g/mol. The fraction of sp³-hybridized carbons (Fsp3) is 0.300. The SMILES string of the molecule is CCCSc1ccc(C(N)=NO)cc1Cl. The van der Waals surface area contributed by atoms with E-state index in [9.17, 15) is 0 Å². The lowest BCUT2D eigenvalue weighted by molar-refractivity contribution is 0.318. The first kappa shape index (κ1) is 12.2. The lowest BCUT2D eigenvalue weighted by Gasteiger charge is -2.05. The number of nitrogens with zero attached hydrogens (tertiary/aromatic N) is 1. The van der Waals surface area contributed by atoms with Crippen LogP contribution in [-0.2, 0) is 0 Å². The maximum atomic E-state index is 8.50. The van der Waals surface area contributed by atoms with Gasteiger partial charge < -0.3 is 10.9 Å². The molecule has 5 heteroatoms. The van der Waals surface area contributed by atoms with Crippen LogP contribution in [0.4, 0.5) is 0 Å². The molecule has 0 radical (unpaired) electrons. The summed E-state index contributed by atoms with van der Waals surface area (Å²) in [6.45, 7) is 2.12. The summed E-state index contributed by atoms with van der Waals surface area (Å²) < 4.78 is 0. The second kappa shape index (κ2) is 5.88. The van der Waals surface area contributed by atoms with Crippen molar-refractivity contribution in [3.8, 4) is 0 Å². The lowest BCUT2D eigenvalue weighted by Crippen LogP contribution is -2.12. The Balaban J connectivity index is 2.88. The van der Waals surface area contributed by atoms with E-state index in [1.807, 2.05) is 6.07 Å². The third kappa shape index (κ3) is 3.32. The summed E-state index contributed by atoms with van der Waals surface area (Å²) in [7, 11) is 0. The van der Waals surface area contributed by atoms with Crippen LogP contribution in [0.25, 0.3) is 0 Å². The van der Waals surface area contributed by atoms with Gasteiger partial charge in [0.15, 0.2) is 5.84 Å². The van der Waals surface area contributed by atoms with E-state index in [2.05, 4.69) is 12.1 Å². The second-order valence-corrected chi connectivity index (χ2v) is 4.52. The Morgan fingerprint density at radius 2 is 2.33 bits per heavy atom. The summed E-state index contributed by atoms with van der Waals surface area (Å²) in [6.07, 6.45) is 1.10. The highest BCUT2D eigenvalue weighted by atomic mass is 35.5. The molecule has 0 atom stereocenters. The minimum absolute atomic E-state index is 0.0731. The number of hydrogen-bond acceptors (Lipinski definition) is 3. The molecule has 3 N–H and O–H groups in total. The van der Waals surface area contributed by atoms with Gasteiger partial charge in [-0.3, -0.25) is 0 Å². The Kier molecular flexibility index (Phi) is 4.78. The Bertz CT molecular complexity index is 368. The first-order valence-corrected chi connectivity index (χ1v) is 5.95. The molecular weight excluding hydrogens is 232 g/mol. The van der Waals surface area contributed by atoms with E-state index in [4.69, 9.17) is 22.5 Å². The van der Waals surface area contributed by atoms with Crippen molar-refractivity contribution in [2.45, 2.75) is 18.2 Å². The van der Waals surface area contributed by atoms with Crippen molar-refractivity contribution in [1.29, 1.82) is 0 Å². The largest absolute Gasteiger partial charge is 0.409 e. The van der Waals surface area contributed by atoms with Crippen molar-refractivity contribution in [3.63, 3.8) is 0 Å². The van der Waals surface area contributed by atoms with Gasteiger partial charge in [-0.2, -0.15) is 0 Å². The number of hydrogen-bond donors (Lipinski definition) is 2. The highest BCUT2D eigenvalue weighted by Gasteiger charge is 2.04. The average molecular weight is 245 g/mol. The van der Waals surface area contributed by atoms with Crippen molar-refractivity contribution < 1.29 is 5.21 Å². The smallest absolute Gasteiger partial charge is 0.170 e. The molecule has 3 nitrogen and oxygen atoms in total. The molecule has 0 saturated carbocycles. The van der Waals surface area contributed by atoms with Crippen molar-refractivity contribution in [2.24, 2.45) is 10.9 Å². The highest BCUT2D eigenvalue weighted by Crippen LogP contribution is 2.28. The molecule has 1 rings (SSSR count). The van der Waals surface area contributed by atoms with Crippen LogP contribution in [0.1, 0.15) is 18.9 Å². The van der Waals surface area contributed by atoms with Gasteiger partial charge in [0.1, 0.15) is 0 Å². The molecule has 0 aliphatic rings. The normalized spacial score (nSPS) is 11.7. The van der Waals surface area contributed by atoms with Crippen LogP contribution in [0.15, 0.2) is 28.3 Å². The van der Waals surface area contributed by atoms with E-state index in [0.29, 0.717) is 10.6 Å². The Morgan fingerprint density at radius 1 is 1.60 bits per heavy atom. The molecule has 0 spiro atoms. The topological polar surface area (TPSA) is 58.6 Å². The van der Waals surface area contributed by atoms with Gasteiger partial charge in [0.05, 0.1) is 5.02 Å². The summed E-state index contributed by atoms with van der Waals surface area (Å²) in [5.74, 6) is 1.10. The lowest BCUT2D eigenvalue weighted by atomic mass is 10.2. The Morgan fingerprint density at radius 3 is 2.87 bits per heavy atom. The minimum atomic E-state index is 0.0731. The van der Waals surface area contributed by atoms with Crippen molar-refractivity contribution in [1.82, 2.24) is 0 Å². The zero-order valence-corrected chi connectivity index (χ0v) is 9.98. The summed E-state index contributed by atoms with van der Waals surface area (Å²) in [5, 5.41) is 12.1. The molecule has 15 heavy (non-hydrogen) atoms. The predicted molar refractivity (Wildman–Crippen MR) is 65.0 cm³/mol. The van der Waals surface area contributed by atoms with E-state index in [1.165, 1.54) is 0 Å². The third-order valence-electron chi connectivity index (χ3n) is 1.80. The zero-order valence-electron chi connectivity index (χ0n) is 8.40. The first-order valence-electron chi connectivity index (χ1n) is 4.59. The van der Waals surface area contributed by atoms with Crippen LogP contribution in [-0.4, -0.2) is 16.8 Å². The van der Waals surface area contributed by atoms with Crippen LogP contribution >= 0.6 is 23.4 Å². The molecule has 0 aromatic heterocycles. The van der Waals surface area contributed by atoms with Gasteiger partial charge in [0.2, 0.25) is 0 Å². The maximum absolute atomic E-state index is 8.50. The number of amidine groups is 1. The molecule has 0 fully saturated rings. The van der Waals surface area contributed by atoms with E-state index in [1.54, 1.807) is 23.9 Å². The number of thioether (sulfide) groups is 1. The Hall–Kier alpha value is -0.870. The van der Waals surface area contributed by atoms with Crippen LogP contribution in [0.3, 0.4) is 0 Å². The molecule has 0 aliphatic heterocycles. The van der Waals surface area contributed by atoms with Crippen molar-refractivity contribution in [2.75, 3.05) is 5.75 Å². The molecule has 0 heterocycles. The van der Waals surface area contributed by atoms with Crippen molar-refractivity contribution in [3.05, 3.63) is 28.8 Å². The number of halogens is 1. The van der Waals surface area contributed by atoms with Gasteiger partial charge >= 0.3 is 0 Å². The van der Waals surface area contributed by atoms with E-state index in [0.717, 1.165) is 17.1 Å². The predicted octanol–water partition coefficient (Wildman–Crippen LogP) is 2.94. The zero-order chi connectivity index (χ0) is 11.3. The Labute approximate surface area is 98.3 Å². The van der Waals surface area contributed by atoms with Gasteiger partial charge in [-0.15, -0.1) is 11.8 Å². The highest BCUT2D eigenvalue weighted by molar-refractivity contribution is 7.99. The fourth-order valence-corrected chi connectivity index (χ4v) is 2.18. The standard InChI is InChI=1S/C10H13ClN2OS/c1-2-5-15-9-4-3-7(6-8(9)11)10(12)13-14/h3-4,6,14H,2,5H2,1H3,(H2,12,13). The van der Waals surface area contributed by atoms with Gasteiger partial charge in [-0.05, 0) is 30.4 Å². The van der Waals surface area contributed by atoms with E-state index < -0.39 is 0 Å². The van der Waals surface area contributed by atoms with Crippen LogP contribution in [0.2, 0.25) is 5.02 Å². The van der Waals surface area contributed by atoms with E-state index >= 15 is 0 Å². The summed E-state index contributed by atoms with van der Waals surface area (Å²) in [6, 6.07) is 5.38. The average Bonchev–Trinajstić information content (AvgIpc) is 2.26. The number of nitrogens with two attached hydrogens (primary N) is 1. The van der Waals surface area contributed by atoms with Crippen LogP contribution in [0, 0.1) is 0 Å². The first-order chi connectivity index (χ1) is 7.19. The summed E-state index contributed by atoms with van der Waals surface area (Å²) >= 11 is 7.75. The summed E-state index contributed by atoms with van der Waals surface area (Å²) in [4.78, 5) is 1.02. The summed E-state index contributed by atoms with van der Waals surface area (Å²) in [5.41, 5.74) is 6.08. The van der Waals surface area contributed by atoms with Crippen molar-refractivity contribution >= 4 is 29.2 Å². The molecule has 1 aromatic rings. The molecule has 1 aromatic carbocycles. The molecule has 0 saturated heterocycles. The van der Waals surface area contributed by atoms with Gasteiger partial charge in [-0.25, -0.2) is 0 Å². The molecule has 0 amide bonds. The molecule has 82 valence electrons. The molecular formula is C10H13ClN2OS. The maximum Gasteiger partial charge on any atom is 0.170 e. The fourth-order valence-electron chi connectivity index (χ4n) is 1.05. The van der Waals surface area contributed by atoms with E-state index in [-0.39, 0.29) is 5.84 Å². The van der Waals surface area contributed by atoms with Gasteiger partial charge in [-0.1, -0.05) is 23.7 Å². The number of benzene rings is 1. The van der Waals surface area contributed by atoms with Crippen LogP contribution in [0.5, 0.6) is 0 Å².